The second-order valence-corrected chi connectivity index (χ2v) is 8.53. The van der Waals surface area contributed by atoms with Crippen molar-refractivity contribution in [3.8, 4) is 0 Å². The number of amides is 2. The Bertz CT molecular complexity index is 822. The Balaban J connectivity index is 1.44. The highest BCUT2D eigenvalue weighted by Gasteiger charge is 2.29. The summed E-state index contributed by atoms with van der Waals surface area (Å²) in [6, 6.07) is 7.60. The van der Waals surface area contributed by atoms with Crippen molar-refractivity contribution in [2.75, 3.05) is 19.6 Å². The second kappa shape index (κ2) is 7.80. The largest absolute Gasteiger partial charge is 0.352 e. The van der Waals surface area contributed by atoms with Crippen molar-refractivity contribution in [3.63, 3.8) is 0 Å². The summed E-state index contributed by atoms with van der Waals surface area (Å²) in [6.07, 6.45) is 4.12. The molecule has 1 saturated carbocycles. The third-order valence-corrected chi connectivity index (χ3v) is 6.32. The molecule has 0 unspecified atom stereocenters. The van der Waals surface area contributed by atoms with E-state index in [1.54, 1.807) is 0 Å². The predicted molar refractivity (Wildman–Crippen MR) is 106 cm³/mol. The second-order valence-electron chi connectivity index (χ2n) is 7.58. The SMILES string of the molecule is Cc1ccc(C(=O)NCC2CC2)c(C2CCN(C(=O)c3cccs3)CC2)n1. The van der Waals surface area contributed by atoms with E-state index < -0.39 is 0 Å². The summed E-state index contributed by atoms with van der Waals surface area (Å²) in [5.41, 5.74) is 2.52. The van der Waals surface area contributed by atoms with Crippen molar-refractivity contribution >= 4 is 23.2 Å². The van der Waals surface area contributed by atoms with Crippen LogP contribution in [0.1, 0.15) is 63.0 Å². The molecule has 1 aliphatic heterocycles. The average molecular weight is 384 g/mol. The molecular formula is C21H25N3O2S. The van der Waals surface area contributed by atoms with Crippen LogP contribution in [0.3, 0.4) is 0 Å². The number of rotatable bonds is 5. The van der Waals surface area contributed by atoms with E-state index in [2.05, 4.69) is 5.32 Å². The van der Waals surface area contributed by atoms with Crippen LogP contribution in [0.15, 0.2) is 29.6 Å². The van der Waals surface area contributed by atoms with Gasteiger partial charge in [0.15, 0.2) is 0 Å². The van der Waals surface area contributed by atoms with Gasteiger partial charge in [-0.2, -0.15) is 0 Å². The summed E-state index contributed by atoms with van der Waals surface area (Å²) >= 11 is 1.49. The molecule has 2 aromatic heterocycles. The number of aromatic nitrogens is 1. The van der Waals surface area contributed by atoms with Gasteiger partial charge in [0, 0.05) is 31.2 Å². The van der Waals surface area contributed by atoms with Crippen LogP contribution < -0.4 is 5.32 Å². The van der Waals surface area contributed by atoms with Crippen molar-refractivity contribution in [3.05, 3.63) is 51.5 Å². The lowest BCUT2D eigenvalue weighted by Gasteiger charge is -2.32. The molecule has 2 aliphatic rings. The van der Waals surface area contributed by atoms with Gasteiger partial charge in [0.1, 0.15) is 0 Å². The zero-order valence-corrected chi connectivity index (χ0v) is 16.4. The molecule has 142 valence electrons. The number of nitrogens with one attached hydrogen (secondary N) is 1. The quantitative estimate of drug-likeness (QED) is 0.858. The Morgan fingerprint density at radius 2 is 1.96 bits per heavy atom. The standard InChI is InChI=1S/C21H25N3O2S/c1-14-4-7-17(20(25)22-13-15-5-6-15)19(23-14)16-8-10-24(11-9-16)21(26)18-3-2-12-27-18/h2-4,7,12,15-16H,5-6,8-11,13H2,1H3,(H,22,25). The maximum absolute atomic E-state index is 12.7. The molecule has 0 radical (unpaired) electrons. The Hall–Kier alpha value is -2.21. The van der Waals surface area contributed by atoms with Crippen LogP contribution in [0.2, 0.25) is 0 Å². The lowest BCUT2D eigenvalue weighted by Crippen LogP contribution is -2.38. The summed E-state index contributed by atoms with van der Waals surface area (Å²) in [4.78, 5) is 32.6. The molecule has 2 fully saturated rings. The van der Waals surface area contributed by atoms with Gasteiger partial charge < -0.3 is 10.2 Å². The van der Waals surface area contributed by atoms with Crippen LogP contribution in [-0.4, -0.2) is 41.3 Å². The fourth-order valence-electron chi connectivity index (χ4n) is 3.65. The van der Waals surface area contributed by atoms with E-state index in [1.165, 1.54) is 24.2 Å². The number of hydrogen-bond acceptors (Lipinski definition) is 4. The lowest BCUT2D eigenvalue weighted by molar-refractivity contribution is 0.0715. The molecule has 27 heavy (non-hydrogen) atoms. The maximum atomic E-state index is 12.7. The third-order valence-electron chi connectivity index (χ3n) is 5.46. The van der Waals surface area contributed by atoms with E-state index in [9.17, 15) is 9.59 Å². The first-order chi connectivity index (χ1) is 13.1. The van der Waals surface area contributed by atoms with Crippen molar-refractivity contribution in [1.82, 2.24) is 15.2 Å². The number of hydrogen-bond donors (Lipinski definition) is 1. The number of likely N-dealkylation sites (tertiary alicyclic amines) is 1. The van der Waals surface area contributed by atoms with Gasteiger partial charge >= 0.3 is 0 Å². The van der Waals surface area contributed by atoms with Crippen LogP contribution >= 0.6 is 11.3 Å². The molecule has 0 atom stereocenters. The fourth-order valence-corrected chi connectivity index (χ4v) is 4.34. The van der Waals surface area contributed by atoms with Crippen LogP contribution in [0, 0.1) is 12.8 Å². The Kier molecular flexibility index (Phi) is 5.25. The lowest BCUT2D eigenvalue weighted by atomic mass is 9.89. The van der Waals surface area contributed by atoms with Crippen molar-refractivity contribution in [2.45, 2.75) is 38.5 Å². The zero-order chi connectivity index (χ0) is 18.8. The Morgan fingerprint density at radius 1 is 1.19 bits per heavy atom. The topological polar surface area (TPSA) is 62.3 Å². The molecule has 3 heterocycles. The molecule has 5 nitrogen and oxygen atoms in total. The molecule has 0 spiro atoms. The molecule has 0 aromatic carbocycles. The molecule has 2 aromatic rings. The van der Waals surface area contributed by atoms with Gasteiger partial charge in [-0.25, -0.2) is 0 Å². The Morgan fingerprint density at radius 3 is 2.63 bits per heavy atom. The number of carbonyl (C=O) groups is 2. The first-order valence-corrected chi connectivity index (χ1v) is 10.6. The first-order valence-electron chi connectivity index (χ1n) is 9.70. The number of carbonyl (C=O) groups excluding carboxylic acids is 2. The fraction of sp³-hybridized carbons (Fsp3) is 0.476. The summed E-state index contributed by atoms with van der Waals surface area (Å²) in [7, 11) is 0. The van der Waals surface area contributed by atoms with E-state index in [0.717, 1.165) is 35.7 Å². The van der Waals surface area contributed by atoms with E-state index in [-0.39, 0.29) is 17.7 Å². The van der Waals surface area contributed by atoms with E-state index in [4.69, 9.17) is 4.98 Å². The minimum Gasteiger partial charge on any atom is -0.352 e. The molecular weight excluding hydrogens is 358 g/mol. The average Bonchev–Trinajstić information content (AvgIpc) is 3.36. The van der Waals surface area contributed by atoms with Gasteiger partial charge in [-0.1, -0.05) is 6.07 Å². The highest BCUT2D eigenvalue weighted by Crippen LogP contribution is 2.31. The van der Waals surface area contributed by atoms with Gasteiger partial charge in [-0.15, -0.1) is 11.3 Å². The predicted octanol–water partition coefficient (Wildman–Crippen LogP) is 3.61. The minimum atomic E-state index is -0.0125. The highest BCUT2D eigenvalue weighted by molar-refractivity contribution is 7.12. The number of pyridine rings is 1. The molecule has 6 heteroatoms. The summed E-state index contributed by atoms with van der Waals surface area (Å²) in [5, 5.41) is 5.00. The molecule has 4 rings (SSSR count). The maximum Gasteiger partial charge on any atom is 0.263 e. The van der Waals surface area contributed by atoms with Gasteiger partial charge in [-0.05, 0) is 62.1 Å². The number of aryl methyl sites for hydroxylation is 1. The van der Waals surface area contributed by atoms with Crippen molar-refractivity contribution in [1.29, 1.82) is 0 Å². The van der Waals surface area contributed by atoms with E-state index >= 15 is 0 Å². The van der Waals surface area contributed by atoms with Crippen LogP contribution in [0.4, 0.5) is 0 Å². The molecule has 2 amide bonds. The molecule has 1 aliphatic carbocycles. The van der Waals surface area contributed by atoms with Gasteiger partial charge in [0.2, 0.25) is 0 Å². The molecule has 1 saturated heterocycles. The summed E-state index contributed by atoms with van der Waals surface area (Å²) < 4.78 is 0. The number of thiophene rings is 1. The monoisotopic (exact) mass is 383 g/mol. The molecule has 0 bridgehead atoms. The van der Waals surface area contributed by atoms with Crippen molar-refractivity contribution in [2.24, 2.45) is 5.92 Å². The Labute approximate surface area is 163 Å². The van der Waals surface area contributed by atoms with Crippen LogP contribution in [-0.2, 0) is 0 Å². The minimum absolute atomic E-state index is 0.0125. The summed E-state index contributed by atoms with van der Waals surface area (Å²) in [6.45, 7) is 4.14. The zero-order valence-electron chi connectivity index (χ0n) is 15.6. The van der Waals surface area contributed by atoms with E-state index in [1.807, 2.05) is 41.5 Å². The first kappa shape index (κ1) is 18.2. The van der Waals surface area contributed by atoms with Crippen molar-refractivity contribution < 1.29 is 9.59 Å². The van der Waals surface area contributed by atoms with E-state index in [0.29, 0.717) is 24.6 Å². The number of piperidine rings is 1. The van der Waals surface area contributed by atoms with Crippen LogP contribution in [0.25, 0.3) is 0 Å². The van der Waals surface area contributed by atoms with Gasteiger partial charge in [-0.3, -0.25) is 14.6 Å². The number of nitrogens with zero attached hydrogens (tertiary/aromatic N) is 2. The van der Waals surface area contributed by atoms with Gasteiger partial charge in [0.05, 0.1) is 16.1 Å². The molecule has 1 N–H and O–H groups in total. The van der Waals surface area contributed by atoms with Crippen LogP contribution in [0.5, 0.6) is 0 Å². The van der Waals surface area contributed by atoms with Gasteiger partial charge in [0.25, 0.3) is 11.8 Å². The smallest absolute Gasteiger partial charge is 0.263 e. The summed E-state index contributed by atoms with van der Waals surface area (Å²) in [5.74, 6) is 0.978. The normalized spacial score (nSPS) is 17.7. The third kappa shape index (κ3) is 4.21. The highest BCUT2D eigenvalue weighted by atomic mass is 32.1.